The van der Waals surface area contributed by atoms with Gasteiger partial charge in [-0.2, -0.15) is 5.26 Å². The molecule has 3 atom stereocenters. The van der Waals surface area contributed by atoms with E-state index >= 15 is 0 Å². The maximum atomic E-state index is 12.4. The molecule has 3 nitrogen and oxygen atoms in total. The maximum absolute atomic E-state index is 12.4. The maximum Gasteiger partial charge on any atom is 0.227 e. The van der Waals surface area contributed by atoms with Crippen molar-refractivity contribution in [2.45, 2.75) is 32.6 Å². The third-order valence-electron chi connectivity index (χ3n) is 4.70. The average Bonchev–Trinajstić information content (AvgIpc) is 3.03. The minimum atomic E-state index is 0.144. The van der Waals surface area contributed by atoms with Crippen LogP contribution in [0.15, 0.2) is 18.2 Å². The third-order valence-corrected chi connectivity index (χ3v) is 4.70. The number of hydrogen-bond acceptors (Lipinski definition) is 2. The van der Waals surface area contributed by atoms with Crippen LogP contribution in [0.25, 0.3) is 0 Å². The number of rotatable bonds is 2. The molecule has 3 unspecified atom stereocenters. The molecule has 0 heterocycles. The Morgan fingerprint density at radius 1 is 1.37 bits per heavy atom. The van der Waals surface area contributed by atoms with Gasteiger partial charge in [0.2, 0.25) is 5.91 Å². The smallest absolute Gasteiger partial charge is 0.227 e. The predicted molar refractivity (Wildman–Crippen MR) is 73.5 cm³/mol. The van der Waals surface area contributed by atoms with Crippen LogP contribution in [-0.4, -0.2) is 5.91 Å². The van der Waals surface area contributed by atoms with Gasteiger partial charge in [-0.25, -0.2) is 0 Å². The molecule has 98 valence electrons. The minimum Gasteiger partial charge on any atom is -0.326 e. The number of amides is 1. The SMILES string of the molecule is Cc1ccc(C#N)cc1NC(=O)C1CC2CCC1C2. The summed E-state index contributed by atoms with van der Waals surface area (Å²) in [5.74, 6) is 1.69. The molecule has 3 rings (SSSR count). The molecule has 0 spiro atoms. The van der Waals surface area contributed by atoms with Crippen LogP contribution >= 0.6 is 0 Å². The first-order chi connectivity index (χ1) is 9.17. The first kappa shape index (κ1) is 12.2. The van der Waals surface area contributed by atoms with Crippen molar-refractivity contribution in [3.05, 3.63) is 29.3 Å². The highest BCUT2D eigenvalue weighted by Crippen LogP contribution is 2.48. The highest BCUT2D eigenvalue weighted by Gasteiger charge is 2.43. The van der Waals surface area contributed by atoms with E-state index in [1.807, 2.05) is 13.0 Å². The van der Waals surface area contributed by atoms with E-state index in [4.69, 9.17) is 5.26 Å². The Bertz CT molecular complexity index is 558. The molecule has 1 aromatic rings. The molecule has 1 amide bonds. The van der Waals surface area contributed by atoms with Crippen LogP contribution in [0.3, 0.4) is 0 Å². The lowest BCUT2D eigenvalue weighted by atomic mass is 9.88. The number of carbonyl (C=O) groups is 1. The van der Waals surface area contributed by atoms with Crippen LogP contribution in [0.1, 0.15) is 36.8 Å². The Morgan fingerprint density at radius 3 is 2.84 bits per heavy atom. The molecule has 19 heavy (non-hydrogen) atoms. The first-order valence-corrected chi connectivity index (χ1v) is 6.99. The molecule has 0 radical (unpaired) electrons. The van der Waals surface area contributed by atoms with Crippen LogP contribution in [-0.2, 0) is 4.79 Å². The zero-order chi connectivity index (χ0) is 13.4. The first-order valence-electron chi connectivity index (χ1n) is 6.99. The molecule has 0 aliphatic heterocycles. The highest BCUT2D eigenvalue weighted by atomic mass is 16.1. The fourth-order valence-electron chi connectivity index (χ4n) is 3.62. The lowest BCUT2D eigenvalue weighted by Gasteiger charge is -2.21. The molecule has 2 saturated carbocycles. The summed E-state index contributed by atoms with van der Waals surface area (Å²) in [6.07, 6.45) is 4.79. The molecule has 0 saturated heterocycles. The Balaban J connectivity index is 1.75. The summed E-state index contributed by atoms with van der Waals surface area (Å²) in [5, 5.41) is 11.9. The van der Waals surface area contributed by atoms with Gasteiger partial charge in [0.25, 0.3) is 0 Å². The molecule has 2 aliphatic rings. The van der Waals surface area contributed by atoms with E-state index in [-0.39, 0.29) is 11.8 Å². The lowest BCUT2D eigenvalue weighted by molar-refractivity contribution is -0.121. The van der Waals surface area contributed by atoms with Crippen molar-refractivity contribution < 1.29 is 4.79 Å². The van der Waals surface area contributed by atoms with Gasteiger partial charge in [0.05, 0.1) is 11.6 Å². The van der Waals surface area contributed by atoms with Gasteiger partial charge in [0.1, 0.15) is 0 Å². The number of nitrogens with zero attached hydrogens (tertiary/aromatic N) is 1. The number of fused-ring (bicyclic) bond motifs is 2. The molecule has 2 bridgehead atoms. The van der Waals surface area contributed by atoms with E-state index in [1.165, 1.54) is 19.3 Å². The zero-order valence-corrected chi connectivity index (χ0v) is 11.1. The van der Waals surface area contributed by atoms with Gasteiger partial charge in [-0.15, -0.1) is 0 Å². The summed E-state index contributed by atoms with van der Waals surface area (Å²) >= 11 is 0. The summed E-state index contributed by atoms with van der Waals surface area (Å²) in [6.45, 7) is 1.96. The van der Waals surface area contributed by atoms with E-state index < -0.39 is 0 Å². The number of carbonyl (C=O) groups excluding carboxylic acids is 1. The van der Waals surface area contributed by atoms with Crippen LogP contribution < -0.4 is 5.32 Å². The van der Waals surface area contributed by atoms with Gasteiger partial charge in [-0.1, -0.05) is 12.5 Å². The van der Waals surface area contributed by atoms with E-state index in [0.717, 1.165) is 23.6 Å². The van der Waals surface area contributed by atoms with Crippen molar-refractivity contribution in [3.8, 4) is 6.07 Å². The largest absolute Gasteiger partial charge is 0.326 e. The van der Waals surface area contributed by atoms with Gasteiger partial charge in [-0.05, 0) is 55.7 Å². The number of nitrogens with one attached hydrogen (secondary N) is 1. The molecule has 1 N–H and O–H groups in total. The van der Waals surface area contributed by atoms with Crippen molar-refractivity contribution in [2.24, 2.45) is 17.8 Å². The lowest BCUT2D eigenvalue weighted by Crippen LogP contribution is -2.27. The molecule has 1 aromatic carbocycles. The molecule has 0 aromatic heterocycles. The second kappa shape index (κ2) is 4.70. The van der Waals surface area contributed by atoms with E-state index in [9.17, 15) is 4.79 Å². The topological polar surface area (TPSA) is 52.9 Å². The molecule has 3 heteroatoms. The highest BCUT2D eigenvalue weighted by molar-refractivity contribution is 5.93. The monoisotopic (exact) mass is 254 g/mol. The Morgan fingerprint density at radius 2 is 2.21 bits per heavy atom. The third kappa shape index (κ3) is 2.23. The number of anilines is 1. The normalized spacial score (nSPS) is 28.1. The predicted octanol–water partition coefficient (Wildman–Crippen LogP) is 3.24. The summed E-state index contributed by atoms with van der Waals surface area (Å²) < 4.78 is 0. The van der Waals surface area contributed by atoms with Crippen molar-refractivity contribution in [1.82, 2.24) is 0 Å². The second-order valence-corrected chi connectivity index (χ2v) is 5.91. The molecule has 2 fully saturated rings. The quantitative estimate of drug-likeness (QED) is 0.880. The van der Waals surface area contributed by atoms with Crippen molar-refractivity contribution in [3.63, 3.8) is 0 Å². The van der Waals surface area contributed by atoms with Crippen molar-refractivity contribution >= 4 is 11.6 Å². The van der Waals surface area contributed by atoms with Crippen LogP contribution in [0.2, 0.25) is 0 Å². The number of aryl methyl sites for hydroxylation is 1. The second-order valence-electron chi connectivity index (χ2n) is 5.91. The number of benzene rings is 1. The van der Waals surface area contributed by atoms with E-state index in [0.29, 0.717) is 11.5 Å². The number of nitriles is 1. The zero-order valence-electron chi connectivity index (χ0n) is 11.1. The summed E-state index contributed by atoms with van der Waals surface area (Å²) in [5.41, 5.74) is 2.39. The molecular formula is C16H18N2O. The minimum absolute atomic E-state index is 0.144. The van der Waals surface area contributed by atoms with Crippen molar-refractivity contribution in [1.29, 1.82) is 5.26 Å². The number of hydrogen-bond donors (Lipinski definition) is 1. The van der Waals surface area contributed by atoms with Gasteiger partial charge in [0, 0.05) is 11.6 Å². The summed E-state index contributed by atoms with van der Waals surface area (Å²) in [7, 11) is 0. The standard InChI is InChI=1S/C16H18N2O/c1-10-2-3-12(9-17)8-15(10)18-16(19)14-7-11-4-5-13(14)6-11/h2-3,8,11,13-14H,4-7H2,1H3,(H,18,19). The molecular weight excluding hydrogens is 236 g/mol. The Kier molecular flexibility index (Phi) is 3.02. The van der Waals surface area contributed by atoms with Crippen molar-refractivity contribution in [2.75, 3.05) is 5.32 Å². The van der Waals surface area contributed by atoms with Gasteiger partial charge >= 0.3 is 0 Å². The Labute approximate surface area is 113 Å². The van der Waals surface area contributed by atoms with Crippen LogP contribution in [0.4, 0.5) is 5.69 Å². The van der Waals surface area contributed by atoms with E-state index in [1.54, 1.807) is 12.1 Å². The summed E-state index contributed by atoms with van der Waals surface area (Å²) in [6, 6.07) is 7.54. The fraction of sp³-hybridized carbons (Fsp3) is 0.500. The average molecular weight is 254 g/mol. The summed E-state index contributed by atoms with van der Waals surface area (Å²) in [4.78, 5) is 12.4. The van der Waals surface area contributed by atoms with E-state index in [2.05, 4.69) is 11.4 Å². The van der Waals surface area contributed by atoms with Gasteiger partial charge < -0.3 is 5.32 Å². The van der Waals surface area contributed by atoms with Crippen LogP contribution in [0.5, 0.6) is 0 Å². The van der Waals surface area contributed by atoms with Crippen LogP contribution in [0, 0.1) is 36.0 Å². The fourth-order valence-corrected chi connectivity index (χ4v) is 3.62. The van der Waals surface area contributed by atoms with Gasteiger partial charge in [-0.3, -0.25) is 4.79 Å². The molecule has 2 aliphatic carbocycles. The Hall–Kier alpha value is -1.82. The van der Waals surface area contributed by atoms with Gasteiger partial charge in [0.15, 0.2) is 0 Å².